The van der Waals surface area contributed by atoms with Gasteiger partial charge in [0.25, 0.3) is 0 Å². The molecule has 3 fully saturated rings. The van der Waals surface area contributed by atoms with E-state index >= 15 is 0 Å². The van der Waals surface area contributed by atoms with Crippen LogP contribution in [0.4, 0.5) is 13.2 Å². The van der Waals surface area contributed by atoms with Crippen LogP contribution in [-0.4, -0.2) is 151 Å². The van der Waals surface area contributed by atoms with Crippen molar-refractivity contribution >= 4 is 64.6 Å². The molecule has 3 N–H and O–H groups in total. The maximum Gasteiger partial charge on any atom is 0.403 e. The molecule has 0 saturated carbocycles. The lowest BCUT2D eigenvalue weighted by atomic mass is 9.77. The second-order valence-corrected chi connectivity index (χ2v) is 18.2. The summed E-state index contributed by atoms with van der Waals surface area (Å²) < 4.78 is 48.5. The number of amides is 7. The fraction of sp³-hybridized carbons (Fsp3) is 0.698. The molecule has 0 spiro atoms. The fourth-order valence-corrected chi connectivity index (χ4v) is 8.96. The number of carbonyl (C=O) groups excluding carboxylic acids is 7. The van der Waals surface area contributed by atoms with E-state index in [0.717, 1.165) is 9.80 Å². The summed E-state index contributed by atoms with van der Waals surface area (Å²) in [5, 5.41) is 8.89. The Bertz CT molecular complexity index is 1850. The van der Waals surface area contributed by atoms with Gasteiger partial charge in [0, 0.05) is 63.9 Å². The number of carbonyl (C=O) groups is 7. The number of benzene rings is 1. The maximum atomic E-state index is 14.5. The van der Waals surface area contributed by atoms with Crippen molar-refractivity contribution in [3.05, 3.63) is 33.8 Å². The number of hydrogen-bond donors (Lipinski definition) is 3. The second-order valence-electron chi connectivity index (χ2n) is 17.4. The number of nitrogens with zero attached hydrogens (tertiary/aromatic N) is 4. The molecule has 7 amide bonds. The number of likely N-dealkylation sites (N-methyl/N-ethyl adjacent to an activating group) is 3. The van der Waals surface area contributed by atoms with E-state index in [2.05, 4.69) is 16.0 Å². The van der Waals surface area contributed by atoms with Crippen molar-refractivity contribution in [2.24, 2.45) is 11.3 Å². The number of alkyl halides is 3. The largest absolute Gasteiger partial charge is 0.403 e. The van der Waals surface area contributed by atoms with Crippen molar-refractivity contribution in [2.75, 3.05) is 47.4 Å². The zero-order valence-corrected chi connectivity index (χ0v) is 38.6. The summed E-state index contributed by atoms with van der Waals surface area (Å²) in [5.41, 5.74) is -2.22. The topological polar surface area (TPSA) is 178 Å². The monoisotopic (exact) mass is 931 g/mol. The highest BCUT2D eigenvalue weighted by atomic mass is 35.5. The van der Waals surface area contributed by atoms with Gasteiger partial charge >= 0.3 is 6.18 Å². The molecule has 1 aromatic rings. The smallest absolute Gasteiger partial charge is 0.381 e. The lowest BCUT2D eigenvalue weighted by Gasteiger charge is -2.41. The third-order valence-corrected chi connectivity index (χ3v) is 13.0. The van der Waals surface area contributed by atoms with E-state index in [4.69, 9.17) is 27.9 Å². The summed E-state index contributed by atoms with van der Waals surface area (Å²) >= 11 is 12.8. The number of likely N-dealkylation sites (tertiary alicyclic amines) is 1. The Morgan fingerprint density at radius 2 is 1.59 bits per heavy atom. The van der Waals surface area contributed by atoms with Crippen molar-refractivity contribution < 1.29 is 51.5 Å². The van der Waals surface area contributed by atoms with Crippen LogP contribution in [0.25, 0.3) is 0 Å². The molecule has 0 unspecified atom stereocenters. The molecule has 3 heterocycles. The molecule has 0 aromatic heterocycles. The average Bonchev–Trinajstić information content (AvgIpc) is 3.73. The Hall–Kier alpha value is -4.16. The van der Waals surface area contributed by atoms with E-state index in [1.165, 1.54) is 30.8 Å². The van der Waals surface area contributed by atoms with Crippen LogP contribution < -0.4 is 16.0 Å². The summed E-state index contributed by atoms with van der Waals surface area (Å²) in [6.45, 7) is 6.51. The molecule has 3 aliphatic heterocycles. The van der Waals surface area contributed by atoms with Gasteiger partial charge in [-0.25, -0.2) is 0 Å². The zero-order valence-electron chi connectivity index (χ0n) is 37.1. The van der Waals surface area contributed by atoms with Gasteiger partial charge in [-0.15, -0.1) is 0 Å². The van der Waals surface area contributed by atoms with Crippen LogP contribution in [0.5, 0.6) is 0 Å². The standard InChI is InChI=1S/C43H62Cl2F3N7O8/c1-8-30-39(60)52(5)18-10-9-12-32(35(56)51-31(22-25(2)3)40(61)54(7)34(37(58)50-30)24-27-23-28(44)14-15-29(27)45)53(6)38(59)26(4)49-36(57)33-13-11-19-55(33)41(62)42(43(46,47)48)16-20-63-21-17-42/h14-15,23,25-26,30-34H,8-13,16-22,24H2,1-7H3,(H,49,57)(H,50,58)(H,51,56)/t26-,30+,31-,32-,33-,34-/m0/s1. The van der Waals surface area contributed by atoms with Gasteiger partial charge in [-0.05, 0) is 94.4 Å². The van der Waals surface area contributed by atoms with Gasteiger partial charge in [-0.1, -0.05) is 44.0 Å². The van der Waals surface area contributed by atoms with Crippen molar-refractivity contribution in [1.29, 1.82) is 0 Å². The molecule has 0 bridgehead atoms. The normalized spacial score (nSPS) is 25.1. The summed E-state index contributed by atoms with van der Waals surface area (Å²) in [5.74, 6) is -5.10. The molecule has 3 aliphatic rings. The lowest BCUT2D eigenvalue weighted by Crippen LogP contribution is -2.61. The molecular weight excluding hydrogens is 870 g/mol. The quantitative estimate of drug-likeness (QED) is 0.314. The Labute approximate surface area is 377 Å². The Morgan fingerprint density at radius 1 is 0.937 bits per heavy atom. The molecule has 20 heteroatoms. The first kappa shape index (κ1) is 51.5. The van der Waals surface area contributed by atoms with E-state index in [-0.39, 0.29) is 76.7 Å². The van der Waals surface area contributed by atoms with E-state index in [0.29, 0.717) is 28.5 Å². The predicted molar refractivity (Wildman–Crippen MR) is 229 cm³/mol. The molecule has 352 valence electrons. The number of hydrogen-bond acceptors (Lipinski definition) is 8. The summed E-state index contributed by atoms with van der Waals surface area (Å²) in [7, 11) is 4.39. The molecule has 15 nitrogen and oxygen atoms in total. The van der Waals surface area contributed by atoms with Crippen molar-refractivity contribution in [2.45, 2.75) is 134 Å². The molecule has 6 atom stereocenters. The Kier molecular flexibility index (Phi) is 18.1. The Morgan fingerprint density at radius 3 is 2.21 bits per heavy atom. The van der Waals surface area contributed by atoms with E-state index in [1.54, 1.807) is 32.2 Å². The van der Waals surface area contributed by atoms with Crippen LogP contribution in [-0.2, 0) is 44.7 Å². The van der Waals surface area contributed by atoms with Gasteiger partial charge in [0.1, 0.15) is 41.7 Å². The molecule has 0 aliphatic carbocycles. The number of nitrogens with one attached hydrogen (secondary N) is 3. The number of halogens is 5. The third kappa shape index (κ3) is 12.4. The average molecular weight is 933 g/mol. The first-order chi connectivity index (χ1) is 29.5. The maximum absolute atomic E-state index is 14.5. The van der Waals surface area contributed by atoms with Crippen molar-refractivity contribution in [3.8, 4) is 0 Å². The molecular formula is C43H62Cl2F3N7O8. The zero-order chi connectivity index (χ0) is 47.0. The SMILES string of the molecule is CC[C@H]1NC(=O)[C@H](Cc2cc(Cl)ccc2Cl)N(C)C(=O)[C@H](CC(C)C)NC(=O)[C@@H](N(C)C(=O)[C@H](C)NC(=O)[C@@H]2CCCN2C(=O)C2(C(F)(F)F)CCOCC2)CCCCN(C)C1=O. The highest BCUT2D eigenvalue weighted by Gasteiger charge is 2.62. The Balaban J connectivity index is 1.61. The van der Waals surface area contributed by atoms with Gasteiger partial charge in [0.2, 0.25) is 41.4 Å². The third-order valence-electron chi connectivity index (χ3n) is 12.4. The van der Waals surface area contributed by atoms with E-state index in [1.807, 2.05) is 13.8 Å². The van der Waals surface area contributed by atoms with Gasteiger partial charge in [0.05, 0.1) is 0 Å². The first-order valence-electron chi connectivity index (χ1n) is 21.6. The van der Waals surface area contributed by atoms with Gasteiger partial charge < -0.3 is 40.3 Å². The second kappa shape index (κ2) is 22.2. The number of ether oxygens (including phenoxy) is 1. The number of rotatable bonds is 10. The highest BCUT2D eigenvalue weighted by molar-refractivity contribution is 6.33. The van der Waals surface area contributed by atoms with E-state index < -0.39 is 96.1 Å². The minimum atomic E-state index is -4.87. The van der Waals surface area contributed by atoms with Crippen molar-refractivity contribution in [1.82, 2.24) is 35.6 Å². The molecule has 0 radical (unpaired) electrons. The molecule has 1 aromatic carbocycles. The van der Waals surface area contributed by atoms with E-state index in [9.17, 15) is 46.7 Å². The summed E-state index contributed by atoms with van der Waals surface area (Å²) in [4.78, 5) is 103. The van der Waals surface area contributed by atoms with Crippen LogP contribution in [0.2, 0.25) is 10.0 Å². The predicted octanol–water partition coefficient (Wildman–Crippen LogP) is 4.11. The molecule has 4 rings (SSSR count). The first-order valence-corrected chi connectivity index (χ1v) is 22.4. The molecule has 3 saturated heterocycles. The fourth-order valence-electron chi connectivity index (χ4n) is 8.57. The summed E-state index contributed by atoms with van der Waals surface area (Å²) in [6, 6.07) is -2.27. The van der Waals surface area contributed by atoms with Crippen LogP contribution in [0.1, 0.15) is 91.0 Å². The van der Waals surface area contributed by atoms with Crippen LogP contribution in [0, 0.1) is 11.3 Å². The minimum absolute atomic E-state index is 0.0643. The highest BCUT2D eigenvalue weighted by Crippen LogP contribution is 2.48. The van der Waals surface area contributed by atoms with Gasteiger partial charge in [-0.2, -0.15) is 13.2 Å². The van der Waals surface area contributed by atoms with Crippen molar-refractivity contribution in [3.63, 3.8) is 0 Å². The van der Waals surface area contributed by atoms with Gasteiger partial charge in [-0.3, -0.25) is 33.6 Å². The van der Waals surface area contributed by atoms with Gasteiger partial charge in [0.15, 0.2) is 0 Å². The molecule has 63 heavy (non-hydrogen) atoms. The summed E-state index contributed by atoms with van der Waals surface area (Å²) in [6.07, 6.45) is -4.47. The van der Waals surface area contributed by atoms with Crippen LogP contribution in [0.15, 0.2) is 18.2 Å². The lowest BCUT2D eigenvalue weighted by molar-refractivity contribution is -0.245. The van der Waals surface area contributed by atoms with Crippen LogP contribution >= 0.6 is 23.2 Å². The van der Waals surface area contributed by atoms with Crippen LogP contribution in [0.3, 0.4) is 0 Å². The minimum Gasteiger partial charge on any atom is -0.381 e.